The molecular formula is C18H33ClN2. The highest BCUT2D eigenvalue weighted by atomic mass is 35.5. The summed E-state index contributed by atoms with van der Waals surface area (Å²) in [6.07, 6.45) is 8.12. The van der Waals surface area contributed by atoms with Crippen molar-refractivity contribution in [3.63, 3.8) is 0 Å². The van der Waals surface area contributed by atoms with Crippen LogP contribution < -0.4 is 0 Å². The highest BCUT2D eigenvalue weighted by Gasteiger charge is 2.22. The lowest BCUT2D eigenvalue weighted by Gasteiger charge is -2.17. The van der Waals surface area contributed by atoms with Crippen molar-refractivity contribution < 1.29 is 0 Å². The van der Waals surface area contributed by atoms with E-state index in [4.69, 9.17) is 16.7 Å². The molecule has 0 radical (unpaired) electrons. The van der Waals surface area contributed by atoms with Gasteiger partial charge in [0.15, 0.2) is 0 Å². The van der Waals surface area contributed by atoms with Gasteiger partial charge in [-0.05, 0) is 31.6 Å². The predicted octanol–water partition coefficient (Wildman–Crippen LogP) is 5.91. The number of nitrogens with zero attached hydrogens (tertiary/aromatic N) is 2. The van der Waals surface area contributed by atoms with E-state index in [1.54, 1.807) is 0 Å². The molecule has 0 fully saturated rings. The third kappa shape index (κ3) is 4.74. The Kier molecular flexibility index (Phi) is 8.39. The van der Waals surface area contributed by atoms with Crippen molar-refractivity contribution in [1.29, 1.82) is 0 Å². The van der Waals surface area contributed by atoms with Crippen LogP contribution in [0.5, 0.6) is 0 Å². The molecule has 1 heterocycles. The van der Waals surface area contributed by atoms with Gasteiger partial charge in [-0.15, -0.1) is 11.6 Å². The van der Waals surface area contributed by atoms with Crippen LogP contribution in [0.3, 0.4) is 0 Å². The molecular weight excluding hydrogens is 280 g/mol. The first-order valence-electron chi connectivity index (χ1n) is 8.85. The summed E-state index contributed by atoms with van der Waals surface area (Å²) in [7, 11) is 0. The van der Waals surface area contributed by atoms with Gasteiger partial charge in [0.05, 0.1) is 11.1 Å². The quantitative estimate of drug-likeness (QED) is 0.491. The molecule has 3 heteroatoms. The molecule has 0 saturated carbocycles. The molecule has 2 unspecified atom stereocenters. The average Bonchev–Trinajstić information content (AvgIpc) is 2.87. The first-order valence-corrected chi connectivity index (χ1v) is 9.28. The van der Waals surface area contributed by atoms with Crippen LogP contribution >= 0.6 is 11.6 Å². The topological polar surface area (TPSA) is 17.8 Å². The van der Waals surface area contributed by atoms with Crippen LogP contribution in [-0.4, -0.2) is 9.78 Å². The Labute approximate surface area is 136 Å². The Balaban J connectivity index is 3.03. The lowest BCUT2D eigenvalue weighted by atomic mass is 9.99. The number of hydrogen-bond donors (Lipinski definition) is 0. The summed E-state index contributed by atoms with van der Waals surface area (Å²) in [6, 6.07) is 0. The number of aromatic nitrogens is 2. The Morgan fingerprint density at radius 1 is 1.05 bits per heavy atom. The molecule has 2 nitrogen and oxygen atoms in total. The fourth-order valence-corrected chi connectivity index (χ4v) is 3.33. The number of unbranched alkanes of at least 4 members (excludes halogenated alkanes) is 1. The molecule has 2 atom stereocenters. The third-order valence-electron chi connectivity index (χ3n) is 4.49. The van der Waals surface area contributed by atoms with E-state index in [0.717, 1.165) is 31.7 Å². The van der Waals surface area contributed by atoms with Gasteiger partial charge in [-0.3, -0.25) is 4.68 Å². The van der Waals surface area contributed by atoms with Gasteiger partial charge in [-0.2, -0.15) is 5.10 Å². The van der Waals surface area contributed by atoms with Crippen molar-refractivity contribution in [3.8, 4) is 0 Å². The molecule has 1 aromatic rings. The molecule has 21 heavy (non-hydrogen) atoms. The van der Waals surface area contributed by atoms with Crippen molar-refractivity contribution >= 4 is 11.6 Å². The standard InChI is InChI=1S/C18H33ClN2/c1-6-11-12-14(7-2)13-21-17(10-5)18(15(19)8-3)16(9-4)20-21/h14-15H,6-13H2,1-5H3. The maximum atomic E-state index is 6.57. The van der Waals surface area contributed by atoms with Gasteiger partial charge in [-0.25, -0.2) is 0 Å². The summed E-state index contributed by atoms with van der Waals surface area (Å²) in [5.74, 6) is 0.739. The van der Waals surface area contributed by atoms with Crippen molar-refractivity contribution in [3.05, 3.63) is 17.0 Å². The molecule has 0 amide bonds. The molecule has 0 aliphatic rings. The van der Waals surface area contributed by atoms with E-state index < -0.39 is 0 Å². The fraction of sp³-hybridized carbons (Fsp3) is 0.833. The minimum Gasteiger partial charge on any atom is -0.269 e. The maximum Gasteiger partial charge on any atom is 0.0671 e. The number of rotatable bonds is 10. The first-order chi connectivity index (χ1) is 10.1. The van der Waals surface area contributed by atoms with Crippen LogP contribution in [0.25, 0.3) is 0 Å². The van der Waals surface area contributed by atoms with Gasteiger partial charge >= 0.3 is 0 Å². The number of halogens is 1. The fourth-order valence-electron chi connectivity index (χ4n) is 3.08. The third-order valence-corrected chi connectivity index (χ3v) is 5.02. The second-order valence-corrected chi connectivity index (χ2v) is 6.52. The van der Waals surface area contributed by atoms with E-state index in [0.29, 0.717) is 0 Å². The SMILES string of the molecule is CCCCC(CC)Cn1nc(CC)c(C(Cl)CC)c1CC. The van der Waals surface area contributed by atoms with Crippen LogP contribution in [0.4, 0.5) is 0 Å². The Morgan fingerprint density at radius 2 is 1.76 bits per heavy atom. The highest BCUT2D eigenvalue weighted by Crippen LogP contribution is 2.31. The Hall–Kier alpha value is -0.500. The first kappa shape index (κ1) is 18.5. The minimum atomic E-state index is 0.111. The highest BCUT2D eigenvalue weighted by molar-refractivity contribution is 6.20. The van der Waals surface area contributed by atoms with E-state index in [9.17, 15) is 0 Å². The van der Waals surface area contributed by atoms with E-state index in [-0.39, 0.29) is 5.38 Å². The van der Waals surface area contributed by atoms with Gasteiger partial charge in [0.2, 0.25) is 0 Å². The molecule has 1 rings (SSSR count). The van der Waals surface area contributed by atoms with Crippen LogP contribution in [0, 0.1) is 5.92 Å². The van der Waals surface area contributed by atoms with Crippen LogP contribution in [-0.2, 0) is 19.4 Å². The van der Waals surface area contributed by atoms with Gasteiger partial charge in [0.25, 0.3) is 0 Å². The second-order valence-electron chi connectivity index (χ2n) is 5.99. The lowest BCUT2D eigenvalue weighted by Crippen LogP contribution is -2.14. The molecule has 122 valence electrons. The zero-order chi connectivity index (χ0) is 15.8. The molecule has 0 aliphatic carbocycles. The summed E-state index contributed by atoms with van der Waals surface area (Å²) in [4.78, 5) is 0. The molecule has 0 spiro atoms. The van der Waals surface area contributed by atoms with Crippen molar-refractivity contribution in [2.24, 2.45) is 5.92 Å². The second kappa shape index (κ2) is 9.50. The van der Waals surface area contributed by atoms with Crippen LogP contribution in [0.2, 0.25) is 0 Å². The molecule has 0 saturated heterocycles. The van der Waals surface area contributed by atoms with Crippen molar-refractivity contribution in [2.75, 3.05) is 0 Å². The normalized spacial score (nSPS) is 14.4. The largest absolute Gasteiger partial charge is 0.269 e. The van der Waals surface area contributed by atoms with Gasteiger partial charge < -0.3 is 0 Å². The maximum absolute atomic E-state index is 6.57. The molecule has 1 aromatic heterocycles. The molecule has 0 N–H and O–H groups in total. The summed E-state index contributed by atoms with van der Waals surface area (Å²) >= 11 is 6.57. The van der Waals surface area contributed by atoms with Crippen molar-refractivity contribution in [2.45, 2.75) is 91.5 Å². The number of hydrogen-bond acceptors (Lipinski definition) is 1. The Bertz CT molecular complexity index is 412. The predicted molar refractivity (Wildman–Crippen MR) is 93.2 cm³/mol. The Morgan fingerprint density at radius 3 is 2.24 bits per heavy atom. The average molecular weight is 313 g/mol. The smallest absolute Gasteiger partial charge is 0.0671 e. The molecule has 0 bridgehead atoms. The monoisotopic (exact) mass is 312 g/mol. The summed E-state index contributed by atoms with van der Waals surface area (Å²) in [5, 5.41) is 5.01. The van der Waals surface area contributed by atoms with Crippen LogP contribution in [0.1, 0.15) is 89.1 Å². The van der Waals surface area contributed by atoms with E-state index in [1.165, 1.54) is 42.6 Å². The number of alkyl halides is 1. The summed E-state index contributed by atoms with van der Waals surface area (Å²) < 4.78 is 2.27. The van der Waals surface area contributed by atoms with E-state index in [1.807, 2.05) is 0 Å². The zero-order valence-electron chi connectivity index (χ0n) is 14.6. The number of aryl methyl sites for hydroxylation is 1. The zero-order valence-corrected chi connectivity index (χ0v) is 15.3. The minimum absolute atomic E-state index is 0.111. The summed E-state index contributed by atoms with van der Waals surface area (Å²) in [6.45, 7) is 12.2. The van der Waals surface area contributed by atoms with Gasteiger partial charge in [-0.1, -0.05) is 53.9 Å². The molecule has 0 aromatic carbocycles. The van der Waals surface area contributed by atoms with E-state index >= 15 is 0 Å². The van der Waals surface area contributed by atoms with Crippen molar-refractivity contribution in [1.82, 2.24) is 9.78 Å². The van der Waals surface area contributed by atoms with E-state index in [2.05, 4.69) is 39.3 Å². The van der Waals surface area contributed by atoms with Gasteiger partial charge in [0, 0.05) is 17.8 Å². The lowest BCUT2D eigenvalue weighted by molar-refractivity contribution is 0.365. The molecule has 0 aliphatic heterocycles. The van der Waals surface area contributed by atoms with Crippen LogP contribution in [0.15, 0.2) is 0 Å². The van der Waals surface area contributed by atoms with Gasteiger partial charge in [0.1, 0.15) is 0 Å². The summed E-state index contributed by atoms with van der Waals surface area (Å²) in [5.41, 5.74) is 3.89.